The molecule has 1 amide bonds. The third kappa shape index (κ3) is 8.29. The van der Waals surface area contributed by atoms with Gasteiger partial charge >= 0.3 is 6.09 Å². The summed E-state index contributed by atoms with van der Waals surface area (Å²) in [6.07, 6.45) is 2.49. The molecule has 2 N–H and O–H groups in total. The summed E-state index contributed by atoms with van der Waals surface area (Å²) in [6.45, 7) is 7.37. The lowest BCUT2D eigenvalue weighted by molar-refractivity contribution is 0.0270. The van der Waals surface area contributed by atoms with E-state index in [-0.39, 0.29) is 11.8 Å². The summed E-state index contributed by atoms with van der Waals surface area (Å²) < 4.78 is 17.7. The van der Waals surface area contributed by atoms with Crippen LogP contribution in [0, 0.1) is 5.41 Å². The lowest BCUT2D eigenvalue weighted by Gasteiger charge is -2.29. The zero-order valence-corrected chi connectivity index (χ0v) is 26.3. The van der Waals surface area contributed by atoms with Gasteiger partial charge in [-0.3, -0.25) is 5.41 Å². The van der Waals surface area contributed by atoms with E-state index in [1.807, 2.05) is 113 Å². The molecule has 0 fully saturated rings. The molecule has 3 aromatic carbocycles. The maximum Gasteiger partial charge on any atom is 0.410 e. The second-order valence-electron chi connectivity index (χ2n) is 11.8. The normalized spacial score (nSPS) is 13.1. The van der Waals surface area contributed by atoms with Crippen molar-refractivity contribution in [1.29, 1.82) is 5.41 Å². The van der Waals surface area contributed by atoms with Crippen LogP contribution in [0.25, 0.3) is 5.57 Å². The number of hydrogen-bond donors (Lipinski definition) is 2. The van der Waals surface area contributed by atoms with E-state index < -0.39 is 5.60 Å². The van der Waals surface area contributed by atoms with Crippen LogP contribution in [0.2, 0.25) is 0 Å². The minimum atomic E-state index is -0.527. The number of carbonyl (C=O) groups excluding carboxylic acids is 1. The van der Waals surface area contributed by atoms with Crippen LogP contribution in [0.15, 0.2) is 97.1 Å². The maximum absolute atomic E-state index is 12.5. The van der Waals surface area contributed by atoms with E-state index in [9.17, 15) is 10.2 Å². The highest BCUT2D eigenvalue weighted by molar-refractivity contribution is 6.15. The minimum Gasteiger partial charge on any atom is -0.473 e. The highest BCUT2D eigenvalue weighted by Crippen LogP contribution is 2.31. The summed E-state index contributed by atoms with van der Waals surface area (Å²) in [7, 11) is 1.85. The zero-order valence-electron chi connectivity index (χ0n) is 26.3. The fourth-order valence-corrected chi connectivity index (χ4v) is 5.00. The Labute approximate surface area is 265 Å². The number of hydrogen-bond acceptors (Lipinski definition) is 7. The SMILES string of the molecule is CNc1cc(C2=CCN(C(=O)OC(C)(C)C)CC2)ccc1C(=N)c1ccc(OCc2ccccc2)nc1OCc1ccccc1. The Balaban J connectivity index is 1.37. The van der Waals surface area contributed by atoms with E-state index in [0.717, 1.165) is 33.5 Å². The van der Waals surface area contributed by atoms with E-state index in [1.54, 1.807) is 11.0 Å². The summed E-state index contributed by atoms with van der Waals surface area (Å²) in [4.78, 5) is 18.9. The quantitative estimate of drug-likeness (QED) is 0.180. The second-order valence-corrected chi connectivity index (χ2v) is 11.8. The number of aromatic nitrogens is 1. The molecule has 0 saturated heterocycles. The van der Waals surface area contributed by atoms with Gasteiger partial charge in [-0.1, -0.05) is 78.9 Å². The number of amides is 1. The van der Waals surface area contributed by atoms with Crippen LogP contribution in [-0.4, -0.2) is 47.4 Å². The van der Waals surface area contributed by atoms with Crippen LogP contribution in [0.5, 0.6) is 11.8 Å². The molecule has 0 unspecified atom stereocenters. The molecule has 4 aromatic rings. The standard InChI is InChI=1S/C37H40N4O4/c1-37(2,3)45-36(42)41-21-19-28(20-22-41)29-15-16-30(32(23-29)39-4)34(38)31-17-18-33(43-24-26-11-7-5-8-12-26)40-35(31)44-25-27-13-9-6-10-14-27/h5-19,23,38-39H,20-22,24-25H2,1-4H3. The number of carbonyl (C=O) groups is 1. The van der Waals surface area contributed by atoms with Gasteiger partial charge in [-0.15, -0.1) is 0 Å². The molecule has 8 nitrogen and oxygen atoms in total. The Morgan fingerprint density at radius 3 is 2.13 bits per heavy atom. The Morgan fingerprint density at radius 1 is 0.889 bits per heavy atom. The van der Waals surface area contributed by atoms with E-state index in [4.69, 9.17) is 14.2 Å². The molecule has 0 saturated carbocycles. The molecule has 232 valence electrons. The first-order chi connectivity index (χ1) is 21.7. The van der Waals surface area contributed by atoms with Gasteiger partial charge in [-0.05, 0) is 61.6 Å². The molecule has 2 heterocycles. The number of ether oxygens (including phenoxy) is 3. The number of rotatable bonds is 10. The summed E-state index contributed by atoms with van der Waals surface area (Å²) in [6, 6.07) is 29.4. The van der Waals surface area contributed by atoms with Gasteiger partial charge in [0.1, 0.15) is 18.8 Å². The Hall–Kier alpha value is -5.11. The second kappa shape index (κ2) is 14.1. The summed E-state index contributed by atoms with van der Waals surface area (Å²) in [5, 5.41) is 12.5. The van der Waals surface area contributed by atoms with Gasteiger partial charge in [-0.25, -0.2) is 4.79 Å². The number of pyridine rings is 1. The average molecular weight is 605 g/mol. The zero-order chi connectivity index (χ0) is 31.8. The van der Waals surface area contributed by atoms with Gasteiger partial charge in [0.2, 0.25) is 11.8 Å². The highest BCUT2D eigenvalue weighted by Gasteiger charge is 2.24. The largest absolute Gasteiger partial charge is 0.473 e. The monoisotopic (exact) mass is 604 g/mol. The first-order valence-electron chi connectivity index (χ1n) is 15.1. The molecule has 0 atom stereocenters. The predicted octanol–water partition coefficient (Wildman–Crippen LogP) is 7.72. The number of benzene rings is 3. The number of nitrogens with one attached hydrogen (secondary N) is 2. The van der Waals surface area contributed by atoms with Crippen LogP contribution in [0.3, 0.4) is 0 Å². The van der Waals surface area contributed by atoms with Crippen molar-refractivity contribution in [3.63, 3.8) is 0 Å². The third-order valence-corrected chi connectivity index (χ3v) is 7.34. The van der Waals surface area contributed by atoms with E-state index in [1.165, 1.54) is 0 Å². The van der Waals surface area contributed by atoms with Gasteiger partial charge in [0.05, 0.1) is 11.3 Å². The Kier molecular flexibility index (Phi) is 9.82. The van der Waals surface area contributed by atoms with Crippen LogP contribution in [-0.2, 0) is 18.0 Å². The van der Waals surface area contributed by atoms with Crippen molar-refractivity contribution in [2.75, 3.05) is 25.5 Å². The lowest BCUT2D eigenvalue weighted by Crippen LogP contribution is -2.39. The van der Waals surface area contributed by atoms with Gasteiger partial charge in [-0.2, -0.15) is 4.98 Å². The Morgan fingerprint density at radius 2 is 1.53 bits per heavy atom. The fourth-order valence-electron chi connectivity index (χ4n) is 5.00. The molecular weight excluding hydrogens is 564 g/mol. The van der Waals surface area contributed by atoms with Crippen molar-refractivity contribution in [1.82, 2.24) is 9.88 Å². The van der Waals surface area contributed by atoms with Crippen molar-refractivity contribution >= 4 is 23.1 Å². The predicted molar refractivity (Wildman–Crippen MR) is 178 cm³/mol. The molecule has 0 spiro atoms. The van der Waals surface area contributed by atoms with Gasteiger partial charge < -0.3 is 24.4 Å². The van der Waals surface area contributed by atoms with Crippen molar-refractivity contribution in [2.45, 2.75) is 46.0 Å². The molecule has 1 aliphatic heterocycles. The molecule has 1 aliphatic rings. The third-order valence-electron chi connectivity index (χ3n) is 7.34. The molecule has 0 radical (unpaired) electrons. The molecular formula is C37H40N4O4. The Bertz CT molecular complexity index is 1660. The van der Waals surface area contributed by atoms with Crippen molar-refractivity contribution < 1.29 is 19.0 Å². The number of anilines is 1. The highest BCUT2D eigenvalue weighted by atomic mass is 16.6. The van der Waals surface area contributed by atoms with Crippen molar-refractivity contribution in [3.8, 4) is 11.8 Å². The topological polar surface area (TPSA) is 96.8 Å². The van der Waals surface area contributed by atoms with E-state index in [2.05, 4.69) is 16.4 Å². The van der Waals surface area contributed by atoms with E-state index >= 15 is 0 Å². The average Bonchev–Trinajstić information content (AvgIpc) is 3.06. The molecule has 0 aliphatic carbocycles. The molecule has 45 heavy (non-hydrogen) atoms. The van der Waals surface area contributed by atoms with Crippen molar-refractivity contribution in [3.05, 3.63) is 125 Å². The summed E-state index contributed by atoms with van der Waals surface area (Å²) in [5.74, 6) is 0.755. The summed E-state index contributed by atoms with van der Waals surface area (Å²) >= 11 is 0. The molecule has 5 rings (SSSR count). The van der Waals surface area contributed by atoms with Crippen LogP contribution in [0.4, 0.5) is 10.5 Å². The summed E-state index contributed by atoms with van der Waals surface area (Å²) in [5.41, 5.74) is 6.08. The lowest BCUT2D eigenvalue weighted by atomic mass is 9.94. The first-order valence-corrected chi connectivity index (χ1v) is 15.1. The van der Waals surface area contributed by atoms with Crippen LogP contribution >= 0.6 is 0 Å². The van der Waals surface area contributed by atoms with Crippen molar-refractivity contribution in [2.24, 2.45) is 0 Å². The smallest absolute Gasteiger partial charge is 0.410 e. The van der Waals surface area contributed by atoms with Gasteiger partial charge in [0.15, 0.2) is 0 Å². The maximum atomic E-state index is 12.5. The molecule has 8 heteroatoms. The minimum absolute atomic E-state index is 0.282. The number of nitrogens with zero attached hydrogens (tertiary/aromatic N) is 2. The first kappa shape index (κ1) is 31.3. The van der Waals surface area contributed by atoms with E-state index in [0.29, 0.717) is 50.0 Å². The fraction of sp³-hybridized carbons (Fsp3) is 0.270. The van der Waals surface area contributed by atoms with Gasteiger partial charge in [0.25, 0.3) is 0 Å². The molecule has 1 aromatic heterocycles. The van der Waals surface area contributed by atoms with Crippen LogP contribution < -0.4 is 14.8 Å². The molecule has 0 bridgehead atoms. The van der Waals surface area contributed by atoms with Gasteiger partial charge in [0, 0.05) is 37.5 Å². The van der Waals surface area contributed by atoms with Crippen LogP contribution in [0.1, 0.15) is 55.0 Å².